The highest BCUT2D eigenvalue weighted by Gasteiger charge is 2.56. The van der Waals surface area contributed by atoms with Crippen LogP contribution in [0.15, 0.2) is 53.7 Å². The van der Waals surface area contributed by atoms with Crippen molar-refractivity contribution in [2.45, 2.75) is 6.10 Å². The summed E-state index contributed by atoms with van der Waals surface area (Å²) in [6.07, 6.45) is -1.00. The van der Waals surface area contributed by atoms with E-state index in [1.165, 1.54) is 30.3 Å². The lowest BCUT2D eigenvalue weighted by molar-refractivity contribution is -0.126. The third-order valence-electron chi connectivity index (χ3n) is 4.02. The van der Waals surface area contributed by atoms with Crippen LogP contribution in [0.2, 0.25) is 5.02 Å². The van der Waals surface area contributed by atoms with Gasteiger partial charge in [-0.25, -0.2) is 9.29 Å². The molecule has 4 rings (SSSR count). The molecule has 0 N–H and O–H groups in total. The Kier molecular flexibility index (Phi) is 3.35. The van der Waals surface area contributed by atoms with E-state index in [1.807, 2.05) is 0 Å². The number of rotatable bonds is 2. The molecule has 2 atom stereocenters. The van der Waals surface area contributed by atoms with Crippen LogP contribution < -0.4 is 4.90 Å². The highest BCUT2D eigenvalue weighted by Crippen LogP contribution is 2.35. The van der Waals surface area contributed by atoms with Gasteiger partial charge in [-0.05, 0) is 30.3 Å². The van der Waals surface area contributed by atoms with E-state index in [-0.39, 0.29) is 0 Å². The van der Waals surface area contributed by atoms with Crippen LogP contribution in [-0.4, -0.2) is 23.6 Å². The predicted molar refractivity (Wildman–Crippen MR) is 85.2 cm³/mol. The summed E-state index contributed by atoms with van der Waals surface area (Å²) >= 11 is 5.94. The second-order valence-corrected chi connectivity index (χ2v) is 5.92. The number of carbonyl (C=O) groups is 2. The zero-order valence-corrected chi connectivity index (χ0v) is 12.9. The molecule has 0 bridgehead atoms. The topological polar surface area (TPSA) is 59.0 Å². The van der Waals surface area contributed by atoms with Crippen molar-refractivity contribution >= 4 is 34.8 Å². The van der Waals surface area contributed by atoms with Crippen molar-refractivity contribution in [3.05, 3.63) is 64.9 Å². The Labute approximate surface area is 141 Å². The molecule has 120 valence electrons. The summed E-state index contributed by atoms with van der Waals surface area (Å²) in [5, 5.41) is 4.28. The third kappa shape index (κ3) is 2.18. The van der Waals surface area contributed by atoms with Crippen molar-refractivity contribution in [3.8, 4) is 0 Å². The highest BCUT2D eigenvalue weighted by atomic mass is 35.5. The van der Waals surface area contributed by atoms with E-state index >= 15 is 0 Å². The molecule has 1 saturated heterocycles. The predicted octanol–water partition coefficient (Wildman–Crippen LogP) is 2.77. The number of nitrogens with zero attached hydrogens (tertiary/aromatic N) is 2. The molecule has 0 aliphatic carbocycles. The average molecular weight is 345 g/mol. The molecule has 2 aliphatic rings. The highest BCUT2D eigenvalue weighted by molar-refractivity contribution is 6.34. The van der Waals surface area contributed by atoms with Gasteiger partial charge in [-0.3, -0.25) is 9.59 Å². The normalized spacial score (nSPS) is 22.4. The van der Waals surface area contributed by atoms with Gasteiger partial charge in [-0.1, -0.05) is 35.0 Å². The lowest BCUT2D eigenvalue weighted by Crippen LogP contribution is -2.33. The van der Waals surface area contributed by atoms with Crippen LogP contribution in [0.4, 0.5) is 10.1 Å². The first-order valence-electron chi connectivity index (χ1n) is 7.19. The molecule has 0 spiro atoms. The van der Waals surface area contributed by atoms with Gasteiger partial charge < -0.3 is 4.84 Å². The fourth-order valence-corrected chi connectivity index (χ4v) is 3.09. The summed E-state index contributed by atoms with van der Waals surface area (Å²) in [5.41, 5.74) is 1.25. The van der Waals surface area contributed by atoms with Crippen molar-refractivity contribution in [3.63, 3.8) is 0 Å². The maximum Gasteiger partial charge on any atom is 0.278 e. The zero-order chi connectivity index (χ0) is 16.8. The number of carbonyl (C=O) groups excluding carboxylic acids is 2. The van der Waals surface area contributed by atoms with E-state index in [0.717, 1.165) is 4.90 Å². The van der Waals surface area contributed by atoms with Gasteiger partial charge in [0.2, 0.25) is 12.0 Å². The summed E-state index contributed by atoms with van der Waals surface area (Å²) in [6, 6.07) is 12.0. The Morgan fingerprint density at radius 3 is 2.54 bits per heavy atom. The van der Waals surface area contributed by atoms with Crippen LogP contribution in [0.25, 0.3) is 0 Å². The number of imide groups is 1. The summed E-state index contributed by atoms with van der Waals surface area (Å²) < 4.78 is 13.1. The van der Waals surface area contributed by atoms with Gasteiger partial charge in [-0.15, -0.1) is 0 Å². The lowest BCUT2D eigenvalue weighted by Gasteiger charge is -2.15. The Morgan fingerprint density at radius 2 is 1.83 bits per heavy atom. The number of amides is 2. The van der Waals surface area contributed by atoms with Crippen LogP contribution >= 0.6 is 11.6 Å². The van der Waals surface area contributed by atoms with E-state index < -0.39 is 29.7 Å². The Bertz CT molecular complexity index is 882. The van der Waals surface area contributed by atoms with Gasteiger partial charge in [-0.2, -0.15) is 0 Å². The maximum absolute atomic E-state index is 13.1. The molecule has 0 aromatic heterocycles. The molecular formula is C17H10ClFN2O3. The fraction of sp³-hybridized carbons (Fsp3) is 0.118. The molecule has 24 heavy (non-hydrogen) atoms. The summed E-state index contributed by atoms with van der Waals surface area (Å²) in [7, 11) is 0. The first kappa shape index (κ1) is 14.8. The molecular weight excluding hydrogens is 335 g/mol. The fourth-order valence-electron chi connectivity index (χ4n) is 2.91. The molecule has 0 unspecified atom stereocenters. The largest absolute Gasteiger partial charge is 0.381 e. The number of fused-ring (bicyclic) bond motifs is 1. The van der Waals surface area contributed by atoms with E-state index in [0.29, 0.717) is 22.0 Å². The van der Waals surface area contributed by atoms with Gasteiger partial charge >= 0.3 is 0 Å². The van der Waals surface area contributed by atoms with E-state index in [9.17, 15) is 14.0 Å². The van der Waals surface area contributed by atoms with Gasteiger partial charge in [0.25, 0.3) is 5.91 Å². The molecule has 5 nitrogen and oxygen atoms in total. The molecule has 0 saturated carbocycles. The molecule has 0 radical (unpaired) electrons. The van der Waals surface area contributed by atoms with Gasteiger partial charge in [0, 0.05) is 10.6 Å². The maximum atomic E-state index is 13.1. The summed E-state index contributed by atoms with van der Waals surface area (Å²) in [5.74, 6) is -2.17. The standard InChI is InChI=1S/C17H10ClFN2O3/c18-10-2-1-3-12(8-10)21-16(22)13-14(20-24-15(13)17(21)23)9-4-6-11(19)7-5-9/h1-8,13,15H/t13-,15-/m1/s1. The Morgan fingerprint density at radius 1 is 1.08 bits per heavy atom. The van der Waals surface area contributed by atoms with Crippen LogP contribution in [-0.2, 0) is 14.4 Å². The first-order chi connectivity index (χ1) is 11.6. The molecule has 2 aromatic rings. The number of benzene rings is 2. The minimum atomic E-state index is -1.00. The van der Waals surface area contributed by atoms with Crippen LogP contribution in [0.1, 0.15) is 5.56 Å². The molecule has 1 fully saturated rings. The second-order valence-electron chi connectivity index (χ2n) is 5.48. The van der Waals surface area contributed by atoms with Crippen LogP contribution in [0.3, 0.4) is 0 Å². The van der Waals surface area contributed by atoms with E-state index in [4.69, 9.17) is 16.4 Å². The van der Waals surface area contributed by atoms with Crippen molar-refractivity contribution in [2.24, 2.45) is 11.1 Å². The zero-order valence-electron chi connectivity index (χ0n) is 12.1. The van der Waals surface area contributed by atoms with Crippen LogP contribution in [0, 0.1) is 11.7 Å². The molecule has 2 aliphatic heterocycles. The van der Waals surface area contributed by atoms with Crippen molar-refractivity contribution in [1.82, 2.24) is 0 Å². The molecule has 2 amide bonds. The molecule has 7 heteroatoms. The number of anilines is 1. The van der Waals surface area contributed by atoms with E-state index in [2.05, 4.69) is 5.16 Å². The summed E-state index contributed by atoms with van der Waals surface area (Å²) in [6.45, 7) is 0. The van der Waals surface area contributed by atoms with Gasteiger partial charge in [0.05, 0.1) is 5.69 Å². The first-order valence-corrected chi connectivity index (χ1v) is 7.57. The number of hydrogen-bond acceptors (Lipinski definition) is 4. The van der Waals surface area contributed by atoms with Crippen molar-refractivity contribution in [2.75, 3.05) is 4.90 Å². The quantitative estimate of drug-likeness (QED) is 0.787. The average Bonchev–Trinajstić information content (AvgIpc) is 3.09. The number of hydrogen-bond donors (Lipinski definition) is 0. The second kappa shape index (κ2) is 5.42. The number of oxime groups is 1. The van der Waals surface area contributed by atoms with Crippen molar-refractivity contribution in [1.29, 1.82) is 0 Å². The Hall–Kier alpha value is -2.73. The van der Waals surface area contributed by atoms with Gasteiger partial charge in [0.1, 0.15) is 17.4 Å². The lowest BCUT2D eigenvalue weighted by atomic mass is 9.94. The van der Waals surface area contributed by atoms with E-state index in [1.54, 1.807) is 18.2 Å². The third-order valence-corrected chi connectivity index (χ3v) is 4.25. The number of halogens is 2. The Balaban J connectivity index is 1.71. The van der Waals surface area contributed by atoms with Crippen molar-refractivity contribution < 1.29 is 18.8 Å². The SMILES string of the molecule is O=C1[C@@H]2C(c3ccc(F)cc3)=NO[C@H]2C(=O)N1c1cccc(Cl)c1. The minimum absolute atomic E-state index is 0.322. The monoisotopic (exact) mass is 344 g/mol. The molecule has 2 aromatic carbocycles. The summed E-state index contributed by atoms with van der Waals surface area (Å²) in [4.78, 5) is 31.6. The minimum Gasteiger partial charge on any atom is -0.381 e. The van der Waals surface area contributed by atoms with Gasteiger partial charge in [0.15, 0.2) is 0 Å². The van der Waals surface area contributed by atoms with Crippen LogP contribution in [0.5, 0.6) is 0 Å². The smallest absolute Gasteiger partial charge is 0.278 e. The molecule has 2 heterocycles.